The van der Waals surface area contributed by atoms with Crippen LogP contribution in [0.1, 0.15) is 75.9 Å². The van der Waals surface area contributed by atoms with Crippen LogP contribution < -0.4 is 5.32 Å². The highest BCUT2D eigenvalue weighted by atomic mass is 16.7. The van der Waals surface area contributed by atoms with Gasteiger partial charge in [-0.25, -0.2) is 4.98 Å². The predicted molar refractivity (Wildman–Crippen MR) is 146 cm³/mol. The second-order valence-electron chi connectivity index (χ2n) is 12.7. The van der Waals surface area contributed by atoms with Crippen molar-refractivity contribution in [1.29, 1.82) is 0 Å². The van der Waals surface area contributed by atoms with Gasteiger partial charge >= 0.3 is 7.12 Å². The van der Waals surface area contributed by atoms with Gasteiger partial charge in [0.25, 0.3) is 5.91 Å². The molecule has 4 aliphatic rings. The smallest absolute Gasteiger partial charge is 0.408 e. The van der Waals surface area contributed by atoms with Gasteiger partial charge in [-0.15, -0.1) is 0 Å². The highest BCUT2D eigenvalue weighted by Gasteiger charge is 2.61. The summed E-state index contributed by atoms with van der Waals surface area (Å²) in [4.78, 5) is 34.9. The highest BCUT2D eigenvalue weighted by molar-refractivity contribution is 6.47. The molecule has 1 aromatic carbocycles. The molecular formula is C30H40BN3O4. The summed E-state index contributed by atoms with van der Waals surface area (Å²) in [5.74, 6) is 1.26. The second-order valence-corrected chi connectivity index (χ2v) is 12.7. The summed E-state index contributed by atoms with van der Waals surface area (Å²) in [6, 6.07) is 9.10. The van der Waals surface area contributed by atoms with Crippen LogP contribution in [0.25, 0.3) is 0 Å². The zero-order chi connectivity index (χ0) is 26.9. The van der Waals surface area contributed by atoms with Crippen molar-refractivity contribution in [3.8, 4) is 0 Å². The van der Waals surface area contributed by atoms with Gasteiger partial charge in [0.05, 0.1) is 24.4 Å². The zero-order valence-corrected chi connectivity index (χ0v) is 23.1. The van der Waals surface area contributed by atoms with Gasteiger partial charge in [0.15, 0.2) is 5.78 Å². The lowest BCUT2D eigenvalue weighted by Crippen LogP contribution is -2.58. The molecule has 1 saturated heterocycles. The largest absolute Gasteiger partial charge is 0.461 e. The number of rotatable bonds is 10. The van der Waals surface area contributed by atoms with E-state index in [4.69, 9.17) is 9.31 Å². The third-order valence-corrected chi connectivity index (χ3v) is 9.18. The molecule has 4 unspecified atom stereocenters. The van der Waals surface area contributed by atoms with Crippen molar-refractivity contribution < 1.29 is 18.9 Å². The lowest BCUT2D eigenvalue weighted by atomic mass is 9.46. The van der Waals surface area contributed by atoms with E-state index in [9.17, 15) is 9.59 Å². The summed E-state index contributed by atoms with van der Waals surface area (Å²) < 4.78 is 13.0. The lowest BCUT2D eigenvalue weighted by molar-refractivity contribution is -0.149. The van der Waals surface area contributed by atoms with Gasteiger partial charge in [0.1, 0.15) is 5.69 Å². The van der Waals surface area contributed by atoms with Gasteiger partial charge in [0, 0.05) is 24.6 Å². The van der Waals surface area contributed by atoms with Crippen LogP contribution in [0.2, 0.25) is 5.82 Å². The Kier molecular flexibility index (Phi) is 7.74. The number of carbonyl (C=O) groups excluding carboxylic acids is 2. The molecule has 38 heavy (non-hydrogen) atoms. The van der Waals surface area contributed by atoms with Crippen molar-refractivity contribution in [2.45, 2.75) is 83.7 Å². The van der Waals surface area contributed by atoms with E-state index in [1.807, 2.05) is 30.3 Å². The van der Waals surface area contributed by atoms with Crippen molar-refractivity contribution in [3.63, 3.8) is 0 Å². The minimum atomic E-state index is -0.681. The molecule has 4 fully saturated rings. The first-order valence-corrected chi connectivity index (χ1v) is 14.1. The molecule has 1 N–H and O–H groups in total. The van der Waals surface area contributed by atoms with E-state index >= 15 is 0 Å². The maximum absolute atomic E-state index is 13.8. The number of benzene rings is 1. The molecule has 0 radical (unpaired) electrons. The summed E-state index contributed by atoms with van der Waals surface area (Å²) in [5, 5.41) is 2.94. The van der Waals surface area contributed by atoms with Gasteiger partial charge in [-0.2, -0.15) is 0 Å². The maximum Gasteiger partial charge on any atom is 0.461 e. The van der Waals surface area contributed by atoms with E-state index in [0.29, 0.717) is 36.2 Å². The van der Waals surface area contributed by atoms with Gasteiger partial charge in [-0.3, -0.25) is 14.6 Å². The van der Waals surface area contributed by atoms with Crippen LogP contribution in [0, 0.1) is 23.2 Å². The van der Waals surface area contributed by atoms with Gasteiger partial charge in [-0.1, -0.05) is 58.0 Å². The van der Waals surface area contributed by atoms with Gasteiger partial charge in [-0.05, 0) is 60.8 Å². The van der Waals surface area contributed by atoms with Crippen LogP contribution in [0.15, 0.2) is 48.9 Å². The molecule has 7 nitrogen and oxygen atoms in total. The van der Waals surface area contributed by atoms with E-state index in [0.717, 1.165) is 24.8 Å². The number of amides is 1. The first kappa shape index (κ1) is 27.0. The molecule has 3 saturated carbocycles. The first-order chi connectivity index (χ1) is 18.1. The Bertz CT molecular complexity index is 1110. The summed E-state index contributed by atoms with van der Waals surface area (Å²) in [7, 11) is -0.393. The molecule has 1 spiro atoms. The third-order valence-electron chi connectivity index (χ3n) is 9.18. The summed E-state index contributed by atoms with van der Waals surface area (Å²) in [5.41, 5.74) is 1.36. The average molecular weight is 517 g/mol. The first-order valence-electron chi connectivity index (χ1n) is 14.1. The summed E-state index contributed by atoms with van der Waals surface area (Å²) >= 11 is 0. The summed E-state index contributed by atoms with van der Waals surface area (Å²) in [6.07, 6.45) is 9.30. The SMILES string of the molecule is CC(C)CC(CC(=O)C(Cc1ccccc1)NC(=O)c1cnccn1)B1OCC2(CC3CC(C2)C3(C)C)O1. The maximum atomic E-state index is 13.8. The van der Waals surface area contributed by atoms with Crippen molar-refractivity contribution in [2.24, 2.45) is 23.2 Å². The molecule has 2 aromatic rings. The average Bonchev–Trinajstić information content (AvgIpc) is 3.31. The van der Waals surface area contributed by atoms with E-state index in [1.54, 1.807) is 0 Å². The Morgan fingerprint density at radius 3 is 2.50 bits per heavy atom. The minimum absolute atomic E-state index is 0.0162. The van der Waals surface area contributed by atoms with Crippen LogP contribution in [-0.2, 0) is 20.5 Å². The Labute approximate surface area is 226 Å². The number of hydrogen-bond donors (Lipinski definition) is 1. The molecule has 1 aliphatic heterocycles. The molecule has 8 heteroatoms. The van der Waals surface area contributed by atoms with Crippen molar-refractivity contribution >= 4 is 18.8 Å². The van der Waals surface area contributed by atoms with Crippen LogP contribution in [-0.4, -0.2) is 47.0 Å². The molecule has 2 heterocycles. The molecule has 1 aromatic heterocycles. The van der Waals surface area contributed by atoms with Gasteiger partial charge in [0.2, 0.25) is 0 Å². The van der Waals surface area contributed by atoms with Crippen molar-refractivity contribution in [3.05, 3.63) is 60.2 Å². The van der Waals surface area contributed by atoms with Crippen molar-refractivity contribution in [2.75, 3.05) is 6.61 Å². The van der Waals surface area contributed by atoms with Crippen molar-refractivity contribution in [1.82, 2.24) is 15.3 Å². The predicted octanol–water partition coefficient (Wildman–Crippen LogP) is 4.92. The van der Waals surface area contributed by atoms with E-state index in [2.05, 4.69) is 43.0 Å². The summed E-state index contributed by atoms with van der Waals surface area (Å²) in [6.45, 7) is 9.71. The highest BCUT2D eigenvalue weighted by Crippen LogP contribution is 2.63. The number of nitrogens with zero attached hydrogens (tertiary/aromatic N) is 2. The Hall–Kier alpha value is -2.58. The van der Waals surface area contributed by atoms with E-state index in [1.165, 1.54) is 25.0 Å². The van der Waals surface area contributed by atoms with E-state index in [-0.39, 0.29) is 29.3 Å². The van der Waals surface area contributed by atoms with Crippen LogP contribution >= 0.6 is 0 Å². The Morgan fingerprint density at radius 2 is 1.87 bits per heavy atom. The molecule has 6 rings (SSSR count). The monoisotopic (exact) mass is 517 g/mol. The van der Waals surface area contributed by atoms with Crippen LogP contribution in [0.3, 0.4) is 0 Å². The van der Waals surface area contributed by atoms with Crippen LogP contribution in [0.4, 0.5) is 0 Å². The normalized spacial score (nSPS) is 27.1. The minimum Gasteiger partial charge on any atom is -0.408 e. The second kappa shape index (κ2) is 10.9. The number of hydrogen-bond acceptors (Lipinski definition) is 6. The number of Topliss-reactive ketones (excluding diaryl/α,β-unsaturated/α-hetero) is 1. The molecule has 202 valence electrons. The number of nitrogens with one attached hydrogen (secondary N) is 1. The fourth-order valence-electron chi connectivity index (χ4n) is 6.83. The number of aromatic nitrogens is 2. The molecule has 1 amide bonds. The lowest BCUT2D eigenvalue weighted by Gasteiger charge is -2.61. The van der Waals surface area contributed by atoms with Gasteiger partial charge < -0.3 is 14.6 Å². The Morgan fingerprint density at radius 1 is 1.13 bits per heavy atom. The Balaban J connectivity index is 1.30. The number of ketones is 1. The molecule has 3 aliphatic carbocycles. The van der Waals surface area contributed by atoms with E-state index < -0.39 is 19.1 Å². The molecular weight excluding hydrogens is 477 g/mol. The quantitative estimate of drug-likeness (QED) is 0.450. The standard InChI is InChI=1S/C30H40BN3O4/c1-20(2)12-24(31-37-19-30(38-31)16-22-14-23(17-30)29(22,3)4)15-27(35)25(13-21-8-6-5-7-9-21)34-28(36)26-18-32-10-11-33-26/h5-11,18,20,22-25H,12-17,19H2,1-4H3,(H,34,36). The third kappa shape index (κ3) is 5.71. The fourth-order valence-corrected chi connectivity index (χ4v) is 6.83. The number of carbonyl (C=O) groups is 2. The zero-order valence-electron chi connectivity index (χ0n) is 23.1. The van der Waals surface area contributed by atoms with Crippen LogP contribution in [0.5, 0.6) is 0 Å². The molecule has 4 atom stereocenters. The molecule has 2 bridgehead atoms. The fraction of sp³-hybridized carbons (Fsp3) is 0.600. The topological polar surface area (TPSA) is 90.4 Å².